The molecule has 1 rings (SSSR count). The third-order valence-corrected chi connectivity index (χ3v) is 2.63. The number of likely N-dealkylation sites (N-methyl/N-ethyl adjacent to an activating group) is 1. The Hall–Kier alpha value is -0.450. The van der Waals surface area contributed by atoms with Gasteiger partial charge in [0.1, 0.15) is 0 Å². The molecule has 1 aromatic heterocycles. The van der Waals surface area contributed by atoms with Gasteiger partial charge in [0, 0.05) is 11.1 Å². The van der Waals surface area contributed by atoms with E-state index in [0.29, 0.717) is 6.61 Å². The Kier molecular flexibility index (Phi) is 4.35. The fourth-order valence-corrected chi connectivity index (χ4v) is 1.71. The summed E-state index contributed by atoms with van der Waals surface area (Å²) in [4.78, 5) is 5.27. The first-order valence-corrected chi connectivity index (χ1v) is 5.29. The molecule has 0 saturated heterocycles. The lowest BCUT2D eigenvalue weighted by atomic mass is 10.3. The molecule has 1 unspecified atom stereocenters. The number of hydrogen-bond donors (Lipinski definition) is 1. The molecule has 0 bridgehead atoms. The predicted octanol–water partition coefficient (Wildman–Crippen LogP) is 1.83. The number of nitrogens with zero attached hydrogens (tertiary/aromatic N) is 1. The van der Waals surface area contributed by atoms with Crippen LogP contribution < -0.4 is 5.32 Å². The Labute approximate surface area is 83.1 Å². The summed E-state index contributed by atoms with van der Waals surface area (Å²) in [6, 6.07) is 0.273. The SMILES string of the molecule is CNC(COC(C)C)c1cncs1. The summed E-state index contributed by atoms with van der Waals surface area (Å²) in [6.45, 7) is 4.79. The fourth-order valence-electron chi connectivity index (χ4n) is 0.994. The van der Waals surface area contributed by atoms with E-state index in [1.165, 1.54) is 4.88 Å². The number of thiazole rings is 1. The van der Waals surface area contributed by atoms with E-state index in [1.54, 1.807) is 11.3 Å². The van der Waals surface area contributed by atoms with Crippen molar-refractivity contribution in [1.29, 1.82) is 0 Å². The second-order valence-electron chi connectivity index (χ2n) is 3.13. The summed E-state index contributed by atoms with van der Waals surface area (Å²) < 4.78 is 5.54. The van der Waals surface area contributed by atoms with E-state index in [2.05, 4.69) is 10.3 Å². The van der Waals surface area contributed by atoms with Crippen LogP contribution >= 0.6 is 11.3 Å². The Morgan fingerprint density at radius 2 is 2.38 bits per heavy atom. The lowest BCUT2D eigenvalue weighted by Crippen LogP contribution is -2.22. The molecule has 1 aromatic rings. The lowest BCUT2D eigenvalue weighted by molar-refractivity contribution is 0.0632. The van der Waals surface area contributed by atoms with E-state index in [9.17, 15) is 0 Å². The minimum atomic E-state index is 0.273. The smallest absolute Gasteiger partial charge is 0.0794 e. The zero-order chi connectivity index (χ0) is 9.68. The Morgan fingerprint density at radius 1 is 1.62 bits per heavy atom. The van der Waals surface area contributed by atoms with Gasteiger partial charge in [0.15, 0.2) is 0 Å². The summed E-state index contributed by atoms with van der Waals surface area (Å²) >= 11 is 1.65. The molecule has 0 amide bonds. The van der Waals surface area contributed by atoms with Crippen LogP contribution in [0.2, 0.25) is 0 Å². The van der Waals surface area contributed by atoms with E-state index < -0.39 is 0 Å². The van der Waals surface area contributed by atoms with Crippen molar-refractivity contribution in [2.75, 3.05) is 13.7 Å². The van der Waals surface area contributed by atoms with Gasteiger partial charge in [-0.3, -0.25) is 4.98 Å². The largest absolute Gasteiger partial charge is 0.377 e. The zero-order valence-corrected chi connectivity index (χ0v) is 9.10. The number of ether oxygens (including phenoxy) is 1. The monoisotopic (exact) mass is 200 g/mol. The summed E-state index contributed by atoms with van der Waals surface area (Å²) in [7, 11) is 1.94. The van der Waals surface area contributed by atoms with Gasteiger partial charge < -0.3 is 10.1 Å². The van der Waals surface area contributed by atoms with Crippen molar-refractivity contribution in [3.63, 3.8) is 0 Å². The summed E-state index contributed by atoms with van der Waals surface area (Å²) in [5, 5.41) is 3.21. The van der Waals surface area contributed by atoms with Crippen molar-refractivity contribution < 1.29 is 4.74 Å². The molecule has 13 heavy (non-hydrogen) atoms. The summed E-state index contributed by atoms with van der Waals surface area (Å²) in [6.07, 6.45) is 2.17. The van der Waals surface area contributed by atoms with E-state index in [0.717, 1.165) is 0 Å². The molecule has 0 radical (unpaired) electrons. The van der Waals surface area contributed by atoms with E-state index in [-0.39, 0.29) is 12.1 Å². The second kappa shape index (κ2) is 5.32. The molecular formula is C9H16N2OS. The molecule has 3 nitrogen and oxygen atoms in total. The highest BCUT2D eigenvalue weighted by Crippen LogP contribution is 2.17. The summed E-state index contributed by atoms with van der Waals surface area (Å²) in [5.74, 6) is 0. The van der Waals surface area contributed by atoms with Crippen molar-refractivity contribution in [2.45, 2.75) is 26.0 Å². The minimum Gasteiger partial charge on any atom is -0.377 e. The Bertz CT molecular complexity index is 224. The molecule has 0 aliphatic rings. The maximum Gasteiger partial charge on any atom is 0.0794 e. The number of hydrogen-bond acceptors (Lipinski definition) is 4. The zero-order valence-electron chi connectivity index (χ0n) is 8.28. The topological polar surface area (TPSA) is 34.1 Å². The van der Waals surface area contributed by atoms with Gasteiger partial charge in [0.05, 0.1) is 24.3 Å². The molecule has 0 aliphatic heterocycles. The van der Waals surface area contributed by atoms with Gasteiger partial charge in [-0.1, -0.05) is 0 Å². The van der Waals surface area contributed by atoms with Crippen molar-refractivity contribution in [1.82, 2.24) is 10.3 Å². The van der Waals surface area contributed by atoms with Crippen molar-refractivity contribution in [2.24, 2.45) is 0 Å². The average molecular weight is 200 g/mol. The van der Waals surface area contributed by atoms with Crippen molar-refractivity contribution >= 4 is 11.3 Å². The predicted molar refractivity (Wildman–Crippen MR) is 55.0 cm³/mol. The first-order valence-electron chi connectivity index (χ1n) is 4.41. The van der Waals surface area contributed by atoms with Crippen LogP contribution in [0.1, 0.15) is 24.8 Å². The van der Waals surface area contributed by atoms with Gasteiger partial charge in [0.2, 0.25) is 0 Å². The molecule has 0 fully saturated rings. The van der Waals surface area contributed by atoms with E-state index in [4.69, 9.17) is 4.74 Å². The standard InChI is InChI=1S/C9H16N2OS/c1-7(2)12-5-8(10-3)9-4-11-6-13-9/h4,6-8,10H,5H2,1-3H3. The molecule has 4 heteroatoms. The normalized spacial score (nSPS) is 13.5. The molecule has 1 atom stereocenters. The van der Waals surface area contributed by atoms with Crippen LogP contribution in [0.25, 0.3) is 0 Å². The lowest BCUT2D eigenvalue weighted by Gasteiger charge is -2.15. The third-order valence-electron chi connectivity index (χ3n) is 1.74. The molecular weight excluding hydrogens is 184 g/mol. The van der Waals surface area contributed by atoms with Crippen LogP contribution in [0.4, 0.5) is 0 Å². The molecule has 1 heterocycles. The maximum atomic E-state index is 5.54. The van der Waals surface area contributed by atoms with Crippen molar-refractivity contribution in [3.8, 4) is 0 Å². The molecule has 0 spiro atoms. The van der Waals surface area contributed by atoms with Gasteiger partial charge >= 0.3 is 0 Å². The second-order valence-corrected chi connectivity index (χ2v) is 4.05. The van der Waals surface area contributed by atoms with Gasteiger partial charge in [-0.2, -0.15) is 0 Å². The van der Waals surface area contributed by atoms with Gasteiger partial charge in [-0.25, -0.2) is 0 Å². The number of rotatable bonds is 5. The first kappa shape index (κ1) is 10.6. The molecule has 0 aliphatic carbocycles. The van der Waals surface area contributed by atoms with Gasteiger partial charge in [0.25, 0.3) is 0 Å². The quantitative estimate of drug-likeness (QED) is 0.787. The average Bonchev–Trinajstić information content (AvgIpc) is 2.58. The van der Waals surface area contributed by atoms with Crippen LogP contribution in [0.15, 0.2) is 11.7 Å². The van der Waals surface area contributed by atoms with Crippen LogP contribution in [0.3, 0.4) is 0 Å². The molecule has 1 N–H and O–H groups in total. The molecule has 0 aromatic carbocycles. The van der Waals surface area contributed by atoms with Crippen LogP contribution in [0, 0.1) is 0 Å². The maximum absolute atomic E-state index is 5.54. The highest BCUT2D eigenvalue weighted by Gasteiger charge is 2.11. The van der Waals surface area contributed by atoms with Crippen LogP contribution in [-0.2, 0) is 4.74 Å². The number of aromatic nitrogens is 1. The summed E-state index contributed by atoms with van der Waals surface area (Å²) in [5.41, 5.74) is 1.84. The van der Waals surface area contributed by atoms with Gasteiger partial charge in [-0.15, -0.1) is 11.3 Å². The van der Waals surface area contributed by atoms with Gasteiger partial charge in [-0.05, 0) is 20.9 Å². The van der Waals surface area contributed by atoms with Crippen LogP contribution in [0.5, 0.6) is 0 Å². The Balaban J connectivity index is 2.44. The third kappa shape index (κ3) is 3.42. The highest BCUT2D eigenvalue weighted by molar-refractivity contribution is 7.09. The fraction of sp³-hybridized carbons (Fsp3) is 0.667. The van der Waals surface area contributed by atoms with Crippen LogP contribution in [-0.4, -0.2) is 24.7 Å². The Morgan fingerprint density at radius 3 is 2.85 bits per heavy atom. The highest BCUT2D eigenvalue weighted by atomic mass is 32.1. The molecule has 74 valence electrons. The minimum absolute atomic E-state index is 0.273. The number of nitrogens with one attached hydrogen (secondary N) is 1. The van der Waals surface area contributed by atoms with E-state index in [1.807, 2.05) is 32.6 Å². The first-order chi connectivity index (χ1) is 6.24. The molecule has 0 saturated carbocycles. The van der Waals surface area contributed by atoms with E-state index >= 15 is 0 Å². The van der Waals surface area contributed by atoms with Crippen molar-refractivity contribution in [3.05, 3.63) is 16.6 Å².